The average Bonchev–Trinajstić information content (AvgIpc) is 3.37. The summed E-state index contributed by atoms with van der Waals surface area (Å²) in [6, 6.07) is 20.1. The minimum atomic E-state index is -3.67. The molecular formula is C28H30FN5O3S2. The van der Waals surface area contributed by atoms with E-state index in [1.54, 1.807) is 25.2 Å². The standard InChI is InChI=1S/C28H30FN5O3S2/c1-32(20-21-5-3-2-4-6-21)39(36,37)24-10-7-22(8-11-24)27(35)30-13-14-33-15-17-34(18-16-33)28-31-25-12-9-23(29)19-26(25)38-28/h2-12,19H,13-18,20H2,1H3,(H,30,35). The molecule has 0 unspecified atom stereocenters. The third-order valence-electron chi connectivity index (χ3n) is 6.77. The Hall–Kier alpha value is -3.38. The van der Waals surface area contributed by atoms with Gasteiger partial charge in [0.05, 0.1) is 15.1 Å². The summed E-state index contributed by atoms with van der Waals surface area (Å²) in [5.74, 6) is -0.492. The number of nitrogens with one attached hydrogen (secondary N) is 1. The molecule has 3 aromatic carbocycles. The number of anilines is 1. The number of carbonyl (C=O) groups excluding carboxylic acids is 1. The van der Waals surface area contributed by atoms with Crippen molar-refractivity contribution >= 4 is 42.6 Å². The maximum Gasteiger partial charge on any atom is 0.251 e. The van der Waals surface area contributed by atoms with Crippen molar-refractivity contribution in [3.8, 4) is 0 Å². The smallest absolute Gasteiger partial charge is 0.251 e. The van der Waals surface area contributed by atoms with Crippen LogP contribution < -0.4 is 10.2 Å². The number of sulfonamides is 1. The molecule has 5 rings (SSSR count). The topological polar surface area (TPSA) is 85.8 Å². The molecule has 1 N–H and O–H groups in total. The largest absolute Gasteiger partial charge is 0.351 e. The second kappa shape index (κ2) is 11.8. The van der Waals surface area contributed by atoms with Gasteiger partial charge in [0.25, 0.3) is 5.91 Å². The van der Waals surface area contributed by atoms with Gasteiger partial charge in [-0.25, -0.2) is 17.8 Å². The molecule has 0 spiro atoms. The lowest BCUT2D eigenvalue weighted by Gasteiger charge is -2.34. The Labute approximate surface area is 231 Å². The number of hydrogen-bond donors (Lipinski definition) is 1. The zero-order valence-electron chi connectivity index (χ0n) is 21.6. The summed E-state index contributed by atoms with van der Waals surface area (Å²) >= 11 is 1.50. The fraction of sp³-hybridized carbons (Fsp3) is 0.286. The van der Waals surface area contributed by atoms with E-state index >= 15 is 0 Å². The Morgan fingerprint density at radius 1 is 1.03 bits per heavy atom. The summed E-state index contributed by atoms with van der Waals surface area (Å²) in [5.41, 5.74) is 2.12. The molecule has 8 nitrogen and oxygen atoms in total. The SMILES string of the molecule is CN(Cc1ccccc1)S(=O)(=O)c1ccc(C(=O)NCCN2CCN(c3nc4ccc(F)cc4s3)CC2)cc1. The van der Waals surface area contributed by atoms with E-state index in [4.69, 9.17) is 0 Å². The van der Waals surface area contributed by atoms with Gasteiger partial charge in [0.2, 0.25) is 10.0 Å². The van der Waals surface area contributed by atoms with E-state index in [9.17, 15) is 17.6 Å². The molecule has 0 bridgehead atoms. The van der Waals surface area contributed by atoms with Gasteiger partial charge < -0.3 is 10.2 Å². The molecule has 1 aliphatic rings. The van der Waals surface area contributed by atoms with Crippen LogP contribution in [-0.4, -0.2) is 74.8 Å². The first-order valence-corrected chi connectivity index (χ1v) is 15.0. The van der Waals surface area contributed by atoms with E-state index in [0.717, 1.165) is 47.1 Å². The molecule has 0 atom stereocenters. The number of rotatable bonds is 9. The van der Waals surface area contributed by atoms with E-state index in [1.807, 2.05) is 30.3 Å². The highest BCUT2D eigenvalue weighted by molar-refractivity contribution is 7.89. The molecule has 1 aromatic heterocycles. The number of benzene rings is 3. The van der Waals surface area contributed by atoms with Gasteiger partial charge in [0, 0.05) is 58.4 Å². The summed E-state index contributed by atoms with van der Waals surface area (Å²) in [6.45, 7) is 4.75. The first kappa shape index (κ1) is 27.2. The van der Waals surface area contributed by atoms with Gasteiger partial charge >= 0.3 is 0 Å². The van der Waals surface area contributed by atoms with Crippen molar-refractivity contribution in [2.75, 3.05) is 51.2 Å². The van der Waals surface area contributed by atoms with Gasteiger partial charge in [-0.1, -0.05) is 41.7 Å². The second-order valence-electron chi connectivity index (χ2n) is 9.46. The zero-order chi connectivity index (χ0) is 27.4. The summed E-state index contributed by atoms with van der Waals surface area (Å²) in [5, 5.41) is 3.83. The highest BCUT2D eigenvalue weighted by Crippen LogP contribution is 2.29. The van der Waals surface area contributed by atoms with E-state index in [1.165, 1.54) is 39.9 Å². The Bertz CT molecular complexity index is 1540. The minimum Gasteiger partial charge on any atom is -0.351 e. The summed E-state index contributed by atoms with van der Waals surface area (Å²) in [4.78, 5) is 21.9. The molecule has 39 heavy (non-hydrogen) atoms. The molecule has 0 aliphatic carbocycles. The number of amides is 1. The fourth-order valence-electron chi connectivity index (χ4n) is 4.50. The number of piperazine rings is 1. The van der Waals surface area contributed by atoms with E-state index in [-0.39, 0.29) is 23.2 Å². The Balaban J connectivity index is 1.08. The summed E-state index contributed by atoms with van der Waals surface area (Å²) in [7, 11) is -2.13. The normalized spacial score (nSPS) is 14.7. The van der Waals surface area contributed by atoms with Crippen LogP contribution in [0.5, 0.6) is 0 Å². The van der Waals surface area contributed by atoms with Gasteiger partial charge in [-0.3, -0.25) is 9.69 Å². The second-order valence-corrected chi connectivity index (χ2v) is 12.5. The highest BCUT2D eigenvalue weighted by atomic mass is 32.2. The Kier molecular flexibility index (Phi) is 8.22. The third kappa shape index (κ3) is 6.44. The van der Waals surface area contributed by atoms with Crippen molar-refractivity contribution in [3.05, 3.63) is 89.7 Å². The van der Waals surface area contributed by atoms with Crippen LogP contribution in [0.15, 0.2) is 77.7 Å². The van der Waals surface area contributed by atoms with Gasteiger partial charge in [-0.05, 0) is 48.0 Å². The minimum absolute atomic E-state index is 0.147. The van der Waals surface area contributed by atoms with Crippen molar-refractivity contribution in [2.24, 2.45) is 0 Å². The molecule has 1 fully saturated rings. The van der Waals surface area contributed by atoms with E-state index in [2.05, 4.69) is 20.1 Å². The van der Waals surface area contributed by atoms with Crippen LogP contribution in [0.3, 0.4) is 0 Å². The van der Waals surface area contributed by atoms with Gasteiger partial charge in [-0.2, -0.15) is 4.31 Å². The lowest BCUT2D eigenvalue weighted by Crippen LogP contribution is -2.48. The molecular weight excluding hydrogens is 537 g/mol. The number of halogens is 1. The molecule has 1 saturated heterocycles. The van der Waals surface area contributed by atoms with E-state index < -0.39 is 10.0 Å². The van der Waals surface area contributed by atoms with Crippen molar-refractivity contribution in [1.29, 1.82) is 0 Å². The Morgan fingerprint density at radius 3 is 2.46 bits per heavy atom. The molecule has 204 valence electrons. The van der Waals surface area contributed by atoms with Crippen molar-refractivity contribution < 1.29 is 17.6 Å². The van der Waals surface area contributed by atoms with Crippen molar-refractivity contribution in [3.63, 3.8) is 0 Å². The first-order chi connectivity index (χ1) is 18.8. The molecule has 0 saturated carbocycles. The van der Waals surface area contributed by atoms with Crippen LogP contribution in [0.25, 0.3) is 10.2 Å². The quantitative estimate of drug-likeness (QED) is 0.331. The fourth-order valence-corrected chi connectivity index (χ4v) is 6.70. The number of aromatic nitrogens is 1. The molecule has 1 amide bonds. The van der Waals surface area contributed by atoms with Crippen LogP contribution >= 0.6 is 11.3 Å². The number of fused-ring (bicyclic) bond motifs is 1. The predicted octanol–water partition coefficient (Wildman–Crippen LogP) is 3.81. The number of nitrogens with zero attached hydrogens (tertiary/aromatic N) is 4. The predicted molar refractivity (Wildman–Crippen MR) is 152 cm³/mol. The Morgan fingerprint density at radius 2 is 1.74 bits per heavy atom. The number of carbonyl (C=O) groups is 1. The van der Waals surface area contributed by atoms with Crippen molar-refractivity contribution in [1.82, 2.24) is 19.5 Å². The zero-order valence-corrected chi connectivity index (χ0v) is 23.2. The van der Waals surface area contributed by atoms with Crippen LogP contribution in [0.2, 0.25) is 0 Å². The number of thiazole rings is 1. The lowest BCUT2D eigenvalue weighted by atomic mass is 10.2. The molecule has 4 aromatic rings. The van der Waals surface area contributed by atoms with Crippen LogP contribution in [0.1, 0.15) is 15.9 Å². The summed E-state index contributed by atoms with van der Waals surface area (Å²) < 4.78 is 41.5. The molecule has 2 heterocycles. The molecule has 11 heteroatoms. The monoisotopic (exact) mass is 567 g/mol. The average molecular weight is 568 g/mol. The maximum atomic E-state index is 13.5. The maximum absolute atomic E-state index is 13.5. The van der Waals surface area contributed by atoms with Gasteiger partial charge in [-0.15, -0.1) is 0 Å². The van der Waals surface area contributed by atoms with Crippen LogP contribution in [-0.2, 0) is 16.6 Å². The third-order valence-corrected chi connectivity index (χ3v) is 9.66. The first-order valence-electron chi connectivity index (χ1n) is 12.7. The lowest BCUT2D eigenvalue weighted by molar-refractivity contribution is 0.0947. The number of hydrogen-bond acceptors (Lipinski definition) is 7. The summed E-state index contributed by atoms with van der Waals surface area (Å²) in [6.07, 6.45) is 0. The van der Waals surface area contributed by atoms with Gasteiger partial charge in [0.1, 0.15) is 5.82 Å². The van der Waals surface area contributed by atoms with Crippen LogP contribution in [0, 0.1) is 5.82 Å². The van der Waals surface area contributed by atoms with E-state index in [0.29, 0.717) is 18.7 Å². The van der Waals surface area contributed by atoms with Crippen molar-refractivity contribution in [2.45, 2.75) is 11.4 Å². The van der Waals surface area contributed by atoms with Crippen LogP contribution in [0.4, 0.5) is 9.52 Å². The van der Waals surface area contributed by atoms with Gasteiger partial charge in [0.15, 0.2) is 5.13 Å². The molecule has 0 radical (unpaired) electrons. The molecule has 1 aliphatic heterocycles. The highest BCUT2D eigenvalue weighted by Gasteiger charge is 2.22.